The number of fused-ring (bicyclic) bond motifs is 12. The van der Waals surface area contributed by atoms with Crippen LogP contribution in [0.1, 0.15) is 0 Å². The van der Waals surface area contributed by atoms with Crippen LogP contribution >= 0.6 is 0 Å². The highest BCUT2D eigenvalue weighted by atomic mass is 15.0. The monoisotopic (exact) mass is 786 g/mol. The number of hydrogen-bond acceptors (Lipinski definition) is 0. The summed E-state index contributed by atoms with van der Waals surface area (Å²) in [7, 11) is 0. The number of hydrogen-bond donors (Lipinski definition) is 0. The molecule has 2 heteroatoms. The van der Waals surface area contributed by atoms with Gasteiger partial charge in [0.1, 0.15) is 0 Å². The van der Waals surface area contributed by atoms with E-state index in [-0.39, 0.29) is 0 Å². The zero-order valence-corrected chi connectivity index (χ0v) is 33.8. The summed E-state index contributed by atoms with van der Waals surface area (Å²) < 4.78 is 4.78. The van der Waals surface area contributed by atoms with Gasteiger partial charge < -0.3 is 9.13 Å². The Morgan fingerprint density at radius 1 is 0.177 bits per heavy atom. The van der Waals surface area contributed by atoms with Crippen LogP contribution in [0.2, 0.25) is 0 Å². The van der Waals surface area contributed by atoms with E-state index in [0.29, 0.717) is 0 Å². The van der Waals surface area contributed by atoms with E-state index in [1.54, 1.807) is 0 Å². The van der Waals surface area contributed by atoms with Crippen molar-refractivity contribution in [3.05, 3.63) is 231 Å². The number of rotatable bonds is 5. The smallest absolute Gasteiger partial charge is 0.0541 e. The molecule has 0 atom stereocenters. The highest BCUT2D eigenvalue weighted by Gasteiger charge is 2.17. The summed E-state index contributed by atoms with van der Waals surface area (Å²) in [4.78, 5) is 0. The molecule has 0 amide bonds. The molecule has 2 aromatic heterocycles. The molecule has 0 unspecified atom stereocenters. The zero-order valence-electron chi connectivity index (χ0n) is 33.8. The summed E-state index contributed by atoms with van der Waals surface area (Å²) in [5, 5.41) is 12.7. The molecule has 0 bridgehead atoms. The highest BCUT2D eigenvalue weighted by Crippen LogP contribution is 2.42. The van der Waals surface area contributed by atoms with Crippen LogP contribution in [0.4, 0.5) is 0 Å². The van der Waals surface area contributed by atoms with E-state index < -0.39 is 0 Å². The summed E-state index contributed by atoms with van der Waals surface area (Å²) >= 11 is 0. The first-order valence-corrected chi connectivity index (χ1v) is 21.4. The molecule has 0 saturated heterocycles. The van der Waals surface area contributed by atoms with Crippen molar-refractivity contribution >= 4 is 75.9 Å². The van der Waals surface area contributed by atoms with E-state index in [4.69, 9.17) is 0 Å². The first kappa shape index (κ1) is 34.6. The predicted octanol–water partition coefficient (Wildman–Crippen LogP) is 16.3. The van der Waals surface area contributed by atoms with Crippen LogP contribution in [0.3, 0.4) is 0 Å². The number of nitrogens with zero attached hydrogens (tertiary/aromatic N) is 2. The van der Waals surface area contributed by atoms with Crippen molar-refractivity contribution in [2.45, 2.75) is 0 Å². The fourth-order valence-corrected chi connectivity index (χ4v) is 10.2. The molecule has 62 heavy (non-hydrogen) atoms. The standard InChI is InChI=1S/C60H38N2/c1-3-15-45(16-4-1)61-57-25-13-11-23-52(57)55-37-40(28-31-59(55)61)43-33-42(39-27-30-51-49-21-8-7-19-47(49)48-20-9-10-22-50(48)54(51)36-39)34-44(35-43)41-29-32-60-56(38-41)53-24-12-14-26-58(53)62(60)46-17-5-2-6-18-46/h1-38H. The van der Waals surface area contributed by atoms with Crippen molar-refractivity contribution < 1.29 is 0 Å². The Bertz CT molecular complexity index is 3700. The van der Waals surface area contributed by atoms with E-state index in [2.05, 4.69) is 240 Å². The van der Waals surface area contributed by atoms with Gasteiger partial charge in [0.05, 0.1) is 22.1 Å². The summed E-state index contributed by atoms with van der Waals surface area (Å²) in [5.41, 5.74) is 14.3. The normalized spacial score (nSPS) is 11.9. The fourth-order valence-electron chi connectivity index (χ4n) is 10.2. The van der Waals surface area contributed by atoms with Crippen LogP contribution in [-0.4, -0.2) is 9.13 Å². The second-order valence-electron chi connectivity index (χ2n) is 16.5. The third kappa shape index (κ3) is 5.30. The Morgan fingerprint density at radius 3 is 0.919 bits per heavy atom. The third-order valence-electron chi connectivity index (χ3n) is 13.1. The van der Waals surface area contributed by atoms with Gasteiger partial charge in [-0.15, -0.1) is 0 Å². The van der Waals surface area contributed by atoms with Gasteiger partial charge in [-0.3, -0.25) is 0 Å². The summed E-state index contributed by atoms with van der Waals surface area (Å²) in [6.45, 7) is 0. The van der Waals surface area contributed by atoms with Gasteiger partial charge >= 0.3 is 0 Å². The van der Waals surface area contributed by atoms with E-state index in [1.807, 2.05) is 0 Å². The third-order valence-corrected chi connectivity index (χ3v) is 13.1. The number of para-hydroxylation sites is 4. The molecule has 288 valence electrons. The molecule has 0 aliphatic carbocycles. The summed E-state index contributed by atoms with van der Waals surface area (Å²) in [6.07, 6.45) is 0. The van der Waals surface area contributed by atoms with Gasteiger partial charge in [0, 0.05) is 32.9 Å². The van der Waals surface area contributed by atoms with Crippen LogP contribution in [0.15, 0.2) is 231 Å². The molecular formula is C60H38N2. The van der Waals surface area contributed by atoms with Gasteiger partial charge in [0.2, 0.25) is 0 Å². The van der Waals surface area contributed by atoms with Crippen molar-refractivity contribution in [2.24, 2.45) is 0 Å². The highest BCUT2D eigenvalue weighted by molar-refractivity contribution is 6.26. The van der Waals surface area contributed by atoms with E-state index in [1.165, 1.54) is 109 Å². The lowest BCUT2D eigenvalue weighted by Gasteiger charge is -2.15. The van der Waals surface area contributed by atoms with Gasteiger partial charge in [-0.2, -0.15) is 0 Å². The molecule has 0 radical (unpaired) electrons. The Morgan fingerprint density at radius 2 is 0.484 bits per heavy atom. The van der Waals surface area contributed by atoms with Gasteiger partial charge in [0.25, 0.3) is 0 Å². The van der Waals surface area contributed by atoms with Crippen molar-refractivity contribution in [1.82, 2.24) is 9.13 Å². The maximum Gasteiger partial charge on any atom is 0.0541 e. The minimum Gasteiger partial charge on any atom is -0.309 e. The van der Waals surface area contributed by atoms with Crippen LogP contribution in [0.25, 0.3) is 121 Å². The topological polar surface area (TPSA) is 9.86 Å². The lowest BCUT2D eigenvalue weighted by molar-refractivity contribution is 1.18. The Labute approximate surface area is 358 Å². The van der Waals surface area contributed by atoms with Crippen LogP contribution in [0.5, 0.6) is 0 Å². The Hall–Kier alpha value is -8.20. The molecule has 11 aromatic carbocycles. The second kappa shape index (κ2) is 13.7. The van der Waals surface area contributed by atoms with E-state index >= 15 is 0 Å². The van der Waals surface area contributed by atoms with Crippen molar-refractivity contribution in [1.29, 1.82) is 0 Å². The van der Waals surface area contributed by atoms with Gasteiger partial charge in [-0.25, -0.2) is 0 Å². The van der Waals surface area contributed by atoms with Crippen molar-refractivity contribution in [3.8, 4) is 44.8 Å². The first-order valence-electron chi connectivity index (χ1n) is 21.4. The summed E-state index contributed by atoms with van der Waals surface area (Å²) in [5.74, 6) is 0. The zero-order chi connectivity index (χ0) is 40.7. The fraction of sp³-hybridized carbons (Fsp3) is 0. The minimum absolute atomic E-state index is 1.16. The molecule has 13 aromatic rings. The molecule has 13 rings (SSSR count). The maximum absolute atomic E-state index is 2.42. The quantitative estimate of drug-likeness (QED) is 0.154. The Balaban J connectivity index is 1.05. The molecule has 2 nitrogen and oxygen atoms in total. The Kier molecular flexibility index (Phi) is 7.64. The lowest BCUT2D eigenvalue weighted by atomic mass is 9.89. The average Bonchev–Trinajstić information content (AvgIpc) is 3.86. The van der Waals surface area contributed by atoms with Crippen LogP contribution in [0, 0.1) is 0 Å². The molecule has 0 aliphatic heterocycles. The van der Waals surface area contributed by atoms with E-state index in [0.717, 1.165) is 11.4 Å². The molecule has 0 fully saturated rings. The maximum atomic E-state index is 2.42. The SMILES string of the molecule is c1ccc(-n2c3ccccc3c3cc(-c4cc(-c5ccc6c7ccccc7c7ccccc7c6c5)cc(-c5ccc6c(c5)c5ccccc5n6-c5ccccc5)c4)ccc32)cc1. The average molecular weight is 787 g/mol. The minimum atomic E-state index is 1.16. The summed E-state index contributed by atoms with van der Waals surface area (Å²) in [6, 6.07) is 84.9. The van der Waals surface area contributed by atoms with Crippen molar-refractivity contribution in [2.75, 3.05) is 0 Å². The van der Waals surface area contributed by atoms with Gasteiger partial charge in [0.15, 0.2) is 0 Å². The molecule has 0 saturated carbocycles. The van der Waals surface area contributed by atoms with Gasteiger partial charge in [-0.05, 0) is 151 Å². The van der Waals surface area contributed by atoms with Crippen LogP contribution in [-0.2, 0) is 0 Å². The van der Waals surface area contributed by atoms with Crippen molar-refractivity contribution in [3.63, 3.8) is 0 Å². The second-order valence-corrected chi connectivity index (χ2v) is 16.5. The first-order chi connectivity index (χ1) is 30.7. The van der Waals surface area contributed by atoms with E-state index in [9.17, 15) is 0 Å². The molecule has 2 heterocycles. The van der Waals surface area contributed by atoms with Crippen LogP contribution < -0.4 is 0 Å². The van der Waals surface area contributed by atoms with Gasteiger partial charge in [-0.1, -0.05) is 146 Å². The molecular weight excluding hydrogens is 749 g/mol. The predicted molar refractivity (Wildman–Crippen MR) is 264 cm³/mol. The lowest BCUT2D eigenvalue weighted by Crippen LogP contribution is -1.93. The molecule has 0 spiro atoms. The molecule has 0 aliphatic rings. The largest absolute Gasteiger partial charge is 0.309 e. The molecule has 0 N–H and O–H groups in total. The number of aromatic nitrogens is 2. The number of benzene rings is 11.